The minimum Gasteiger partial charge on any atom is -0.454 e. The maximum absolute atomic E-state index is 12.1. The molecular weight excluding hydrogens is 374 g/mol. The van der Waals surface area contributed by atoms with Crippen molar-refractivity contribution in [1.29, 1.82) is 0 Å². The van der Waals surface area contributed by atoms with Gasteiger partial charge in [0.15, 0.2) is 23.0 Å². The molecule has 29 heavy (non-hydrogen) atoms. The number of rotatable bonds is 2. The summed E-state index contributed by atoms with van der Waals surface area (Å²) < 4.78 is 22.4. The Bertz CT molecular complexity index is 1030. The summed E-state index contributed by atoms with van der Waals surface area (Å²) in [6, 6.07) is 7.82. The highest BCUT2D eigenvalue weighted by molar-refractivity contribution is 5.78. The van der Waals surface area contributed by atoms with Gasteiger partial charge in [-0.2, -0.15) is 0 Å². The van der Waals surface area contributed by atoms with Gasteiger partial charge in [-0.05, 0) is 48.2 Å². The molecule has 0 saturated heterocycles. The Kier molecular flexibility index (Phi) is 3.61. The predicted molar refractivity (Wildman–Crippen MR) is 101 cm³/mol. The summed E-state index contributed by atoms with van der Waals surface area (Å²) in [6.45, 7) is 2.86. The fourth-order valence-electron chi connectivity index (χ4n) is 5.27. The van der Waals surface area contributed by atoms with Crippen molar-refractivity contribution in [2.24, 2.45) is 0 Å². The van der Waals surface area contributed by atoms with E-state index in [1.807, 2.05) is 24.3 Å². The largest absolute Gasteiger partial charge is 0.454 e. The lowest BCUT2D eigenvalue weighted by atomic mass is 9.70. The van der Waals surface area contributed by atoms with Crippen LogP contribution in [0, 0.1) is 0 Å². The number of ketones is 1. The van der Waals surface area contributed by atoms with E-state index in [1.165, 1.54) is 0 Å². The second-order valence-corrected chi connectivity index (χ2v) is 8.12. The Balaban J connectivity index is 1.54. The molecule has 4 aliphatic rings. The van der Waals surface area contributed by atoms with E-state index in [9.17, 15) is 9.90 Å². The zero-order chi connectivity index (χ0) is 19.7. The number of aliphatic hydroxyl groups is 1. The summed E-state index contributed by atoms with van der Waals surface area (Å²) in [6.07, 6.45) is -0.0590. The third-order valence-electron chi connectivity index (χ3n) is 6.35. The Labute approximate surface area is 167 Å². The Morgan fingerprint density at radius 1 is 1.07 bits per heavy atom. The van der Waals surface area contributed by atoms with Crippen molar-refractivity contribution < 1.29 is 28.8 Å². The van der Waals surface area contributed by atoms with E-state index in [1.54, 1.807) is 6.92 Å². The molecule has 0 radical (unpaired) electrons. The molecule has 0 unspecified atom stereocenters. The molecule has 0 fully saturated rings. The number of hydrogen-bond acceptors (Lipinski definition) is 7. The van der Waals surface area contributed by atoms with Gasteiger partial charge < -0.3 is 24.1 Å². The summed E-state index contributed by atoms with van der Waals surface area (Å²) in [5.74, 6) is 2.81. The molecule has 150 valence electrons. The second-order valence-electron chi connectivity index (χ2n) is 8.12. The molecule has 1 N–H and O–H groups in total. The van der Waals surface area contributed by atoms with Crippen LogP contribution in [0.25, 0.3) is 0 Å². The number of Topliss-reactive ketones (excluding diaryl/α,β-unsaturated/α-hetero) is 1. The van der Waals surface area contributed by atoms with E-state index in [-0.39, 0.29) is 31.3 Å². The maximum Gasteiger partial charge on any atom is 0.231 e. The highest BCUT2D eigenvalue weighted by atomic mass is 16.7. The zero-order valence-corrected chi connectivity index (χ0v) is 16.0. The fourth-order valence-corrected chi connectivity index (χ4v) is 5.27. The SMILES string of the molecule is CC(=O)CN1Cc2c(ccc3c2OCO3)[C@@H]2[C@H]1c1cc3c(cc1C[C@@H]2O)OCO3. The average molecular weight is 395 g/mol. The van der Waals surface area contributed by atoms with Crippen molar-refractivity contribution in [2.75, 3.05) is 20.1 Å². The molecule has 3 heterocycles. The van der Waals surface area contributed by atoms with Gasteiger partial charge in [0.05, 0.1) is 12.6 Å². The van der Waals surface area contributed by atoms with Crippen LogP contribution in [0.1, 0.15) is 41.1 Å². The number of carbonyl (C=O) groups excluding carboxylic acids is 1. The summed E-state index contributed by atoms with van der Waals surface area (Å²) in [5, 5.41) is 11.2. The van der Waals surface area contributed by atoms with E-state index >= 15 is 0 Å². The molecule has 3 atom stereocenters. The van der Waals surface area contributed by atoms with Gasteiger partial charge in [0.1, 0.15) is 5.78 Å². The first-order valence-corrected chi connectivity index (χ1v) is 9.85. The normalized spacial score (nSPS) is 25.9. The van der Waals surface area contributed by atoms with E-state index in [0.29, 0.717) is 25.3 Å². The summed E-state index contributed by atoms with van der Waals surface area (Å²) in [7, 11) is 0. The molecule has 0 bridgehead atoms. The van der Waals surface area contributed by atoms with Crippen molar-refractivity contribution in [1.82, 2.24) is 4.90 Å². The van der Waals surface area contributed by atoms with Crippen molar-refractivity contribution in [2.45, 2.75) is 38.0 Å². The molecule has 2 aromatic carbocycles. The lowest BCUT2D eigenvalue weighted by molar-refractivity contribution is -0.119. The van der Waals surface area contributed by atoms with E-state index < -0.39 is 6.10 Å². The van der Waals surface area contributed by atoms with Gasteiger partial charge in [-0.3, -0.25) is 9.69 Å². The topological polar surface area (TPSA) is 77.5 Å². The first-order chi connectivity index (χ1) is 14.1. The van der Waals surface area contributed by atoms with Crippen molar-refractivity contribution in [3.05, 3.63) is 46.5 Å². The van der Waals surface area contributed by atoms with Gasteiger partial charge in [0, 0.05) is 24.1 Å². The third-order valence-corrected chi connectivity index (χ3v) is 6.35. The molecule has 7 heteroatoms. The number of hydrogen-bond donors (Lipinski definition) is 1. The smallest absolute Gasteiger partial charge is 0.231 e. The quantitative estimate of drug-likeness (QED) is 0.836. The number of ether oxygens (including phenoxy) is 4. The zero-order valence-electron chi connectivity index (χ0n) is 16.0. The van der Waals surface area contributed by atoms with Gasteiger partial charge >= 0.3 is 0 Å². The van der Waals surface area contributed by atoms with Crippen LogP contribution in [0.4, 0.5) is 0 Å². The lowest BCUT2D eigenvalue weighted by Crippen LogP contribution is -2.46. The van der Waals surface area contributed by atoms with Gasteiger partial charge in [-0.1, -0.05) is 6.07 Å². The molecular formula is C22H21NO6. The third kappa shape index (κ3) is 2.47. The summed E-state index contributed by atoms with van der Waals surface area (Å²) in [5.41, 5.74) is 4.20. The van der Waals surface area contributed by atoms with Gasteiger partial charge in [-0.15, -0.1) is 0 Å². The number of carbonyl (C=O) groups is 1. The van der Waals surface area contributed by atoms with E-state index in [4.69, 9.17) is 18.9 Å². The molecule has 0 aromatic heterocycles. The number of benzene rings is 2. The van der Waals surface area contributed by atoms with Gasteiger partial charge in [-0.25, -0.2) is 0 Å². The highest BCUT2D eigenvalue weighted by Gasteiger charge is 2.46. The second kappa shape index (κ2) is 6.11. The van der Waals surface area contributed by atoms with Crippen LogP contribution in [-0.4, -0.2) is 42.0 Å². The van der Waals surface area contributed by atoms with Crippen molar-refractivity contribution in [3.8, 4) is 23.0 Å². The molecule has 0 amide bonds. The Hall–Kier alpha value is -2.77. The van der Waals surface area contributed by atoms with Crippen LogP contribution < -0.4 is 18.9 Å². The molecule has 6 rings (SSSR count). The Morgan fingerprint density at radius 3 is 2.66 bits per heavy atom. The van der Waals surface area contributed by atoms with Crippen LogP contribution in [0.15, 0.2) is 24.3 Å². The van der Waals surface area contributed by atoms with E-state index in [2.05, 4.69) is 4.90 Å². The molecule has 0 spiro atoms. The average Bonchev–Trinajstić information content (AvgIpc) is 3.34. The highest BCUT2D eigenvalue weighted by Crippen LogP contribution is 2.54. The van der Waals surface area contributed by atoms with Crippen LogP contribution in [0.5, 0.6) is 23.0 Å². The van der Waals surface area contributed by atoms with Crippen LogP contribution in [0.3, 0.4) is 0 Å². The first-order valence-electron chi connectivity index (χ1n) is 9.85. The minimum absolute atomic E-state index is 0.0827. The monoisotopic (exact) mass is 395 g/mol. The fraction of sp³-hybridized carbons (Fsp3) is 0.409. The van der Waals surface area contributed by atoms with Crippen LogP contribution in [-0.2, 0) is 17.8 Å². The summed E-state index contributed by atoms with van der Waals surface area (Å²) in [4.78, 5) is 14.2. The summed E-state index contributed by atoms with van der Waals surface area (Å²) >= 11 is 0. The van der Waals surface area contributed by atoms with Crippen LogP contribution in [0.2, 0.25) is 0 Å². The number of nitrogens with zero attached hydrogens (tertiary/aromatic N) is 1. The van der Waals surface area contributed by atoms with Crippen molar-refractivity contribution >= 4 is 5.78 Å². The lowest BCUT2D eigenvalue weighted by Gasteiger charge is -2.47. The molecule has 3 aliphatic heterocycles. The maximum atomic E-state index is 12.1. The standard InChI is InChI=1S/C22H21NO6/c1-11(24)7-23-8-15-13(2-3-17-22(15)29-10-26-17)20-16(25)4-12-5-18-19(28-9-27-18)6-14(12)21(20)23/h2-3,5-6,16,20-21,25H,4,7-10H2,1H3/t16-,20-,21+/m0/s1. The number of aliphatic hydroxyl groups excluding tert-OH is 1. The molecule has 1 aliphatic carbocycles. The van der Waals surface area contributed by atoms with Crippen LogP contribution >= 0.6 is 0 Å². The van der Waals surface area contributed by atoms with E-state index in [0.717, 1.165) is 39.5 Å². The first kappa shape index (κ1) is 17.1. The van der Waals surface area contributed by atoms with Gasteiger partial charge in [0.25, 0.3) is 0 Å². The Morgan fingerprint density at radius 2 is 1.83 bits per heavy atom. The molecule has 2 aromatic rings. The minimum atomic E-state index is -0.582. The predicted octanol–water partition coefficient (Wildman–Crippen LogP) is 2.29. The number of fused-ring (bicyclic) bond motifs is 8. The van der Waals surface area contributed by atoms with Crippen molar-refractivity contribution in [3.63, 3.8) is 0 Å². The molecule has 7 nitrogen and oxygen atoms in total. The molecule has 0 saturated carbocycles. The van der Waals surface area contributed by atoms with Gasteiger partial charge in [0.2, 0.25) is 13.6 Å².